The van der Waals surface area contributed by atoms with Crippen molar-refractivity contribution in [2.24, 2.45) is 0 Å². The molecule has 3 rings (SSSR count). The van der Waals surface area contributed by atoms with E-state index in [9.17, 15) is 4.79 Å². The van der Waals surface area contributed by atoms with E-state index in [1.165, 1.54) is 11.1 Å². The fourth-order valence-corrected chi connectivity index (χ4v) is 3.40. The summed E-state index contributed by atoms with van der Waals surface area (Å²) in [7, 11) is 4.11. The highest BCUT2D eigenvalue weighted by Crippen LogP contribution is 2.23. The highest BCUT2D eigenvalue weighted by Gasteiger charge is 2.20. The molecule has 1 amide bonds. The first-order valence-corrected chi connectivity index (χ1v) is 10.0. The van der Waals surface area contributed by atoms with Crippen LogP contribution in [0.1, 0.15) is 32.7 Å². The van der Waals surface area contributed by atoms with Crippen LogP contribution in [0.3, 0.4) is 0 Å². The average molecular weight is 411 g/mol. The van der Waals surface area contributed by atoms with Gasteiger partial charge in [-0.2, -0.15) is 5.10 Å². The average Bonchev–Trinajstić information content (AvgIpc) is 2.96. The van der Waals surface area contributed by atoms with Crippen LogP contribution in [0.4, 0.5) is 5.69 Å². The van der Waals surface area contributed by atoms with Gasteiger partial charge in [0, 0.05) is 12.2 Å². The zero-order valence-corrected chi connectivity index (χ0v) is 18.1. The second-order valence-corrected chi connectivity index (χ2v) is 7.96. The second-order valence-electron chi connectivity index (χ2n) is 7.60. The molecule has 0 aliphatic rings. The minimum absolute atomic E-state index is 0.247. The van der Waals surface area contributed by atoms with Crippen LogP contribution < -0.4 is 5.32 Å². The third kappa shape index (κ3) is 5.46. The van der Waals surface area contributed by atoms with Gasteiger partial charge in [-0.3, -0.25) is 4.79 Å². The van der Waals surface area contributed by atoms with E-state index in [1.807, 2.05) is 43.3 Å². The number of aryl methyl sites for hydroxylation is 2. The molecule has 0 saturated carbocycles. The molecule has 0 spiro atoms. The first kappa shape index (κ1) is 21.1. The molecule has 0 saturated heterocycles. The molecule has 1 aromatic heterocycles. The van der Waals surface area contributed by atoms with Crippen LogP contribution in [0.5, 0.6) is 0 Å². The Morgan fingerprint density at radius 2 is 1.66 bits per heavy atom. The fraction of sp³-hybridized carbons (Fsp3) is 0.304. The number of carbonyl (C=O) groups excluding carboxylic acids is 1. The Bertz CT molecular complexity index is 975. The lowest BCUT2D eigenvalue weighted by atomic mass is 10.1. The maximum Gasteiger partial charge on any atom is 0.260 e. The Hall–Kier alpha value is -2.63. The maximum atomic E-state index is 12.8. The van der Waals surface area contributed by atoms with Crippen LogP contribution in [-0.4, -0.2) is 41.2 Å². The van der Waals surface area contributed by atoms with Crippen molar-refractivity contribution in [1.29, 1.82) is 0 Å². The summed E-state index contributed by atoms with van der Waals surface area (Å²) in [5.41, 5.74) is 5.28. The van der Waals surface area contributed by atoms with E-state index < -0.39 is 0 Å². The van der Waals surface area contributed by atoms with Gasteiger partial charge in [-0.15, -0.1) is 0 Å². The van der Waals surface area contributed by atoms with Crippen LogP contribution in [0, 0.1) is 13.8 Å². The molecule has 2 aromatic carbocycles. The zero-order valence-electron chi connectivity index (χ0n) is 17.4. The number of hydrogen-bond donors (Lipinski definition) is 1. The monoisotopic (exact) mass is 410 g/mol. The van der Waals surface area contributed by atoms with E-state index in [2.05, 4.69) is 41.5 Å². The van der Waals surface area contributed by atoms with Crippen molar-refractivity contribution in [3.8, 4) is 0 Å². The molecule has 0 aliphatic carbocycles. The Morgan fingerprint density at radius 3 is 2.28 bits per heavy atom. The van der Waals surface area contributed by atoms with Crippen molar-refractivity contribution in [2.75, 3.05) is 26.0 Å². The van der Waals surface area contributed by atoms with Gasteiger partial charge in [0.2, 0.25) is 0 Å². The van der Waals surface area contributed by atoms with Gasteiger partial charge in [0.25, 0.3) is 5.91 Å². The van der Waals surface area contributed by atoms with Gasteiger partial charge in [-0.05, 0) is 57.6 Å². The van der Waals surface area contributed by atoms with Crippen LogP contribution in [-0.2, 0) is 13.0 Å². The van der Waals surface area contributed by atoms with Crippen LogP contribution in [0.15, 0.2) is 48.5 Å². The molecule has 3 aromatic rings. The normalized spacial score (nSPS) is 11.1. The van der Waals surface area contributed by atoms with E-state index >= 15 is 0 Å². The van der Waals surface area contributed by atoms with Gasteiger partial charge < -0.3 is 10.2 Å². The predicted molar refractivity (Wildman–Crippen MR) is 119 cm³/mol. The number of halogens is 1. The molecule has 1 heterocycles. The summed E-state index contributed by atoms with van der Waals surface area (Å²) in [5.74, 6) is -0.247. The van der Waals surface area contributed by atoms with Gasteiger partial charge in [0.05, 0.1) is 17.8 Å². The Morgan fingerprint density at radius 1 is 1.03 bits per heavy atom. The minimum Gasteiger partial charge on any atom is -0.322 e. The Labute approximate surface area is 177 Å². The number of nitrogens with zero attached hydrogens (tertiary/aromatic N) is 3. The first-order valence-electron chi connectivity index (χ1n) is 9.67. The third-order valence-corrected chi connectivity index (χ3v) is 5.19. The first-order chi connectivity index (χ1) is 13.8. The summed E-state index contributed by atoms with van der Waals surface area (Å²) in [5, 5.41) is 7.74. The predicted octanol–water partition coefficient (Wildman–Crippen LogP) is 4.56. The number of likely N-dealkylation sites (N-methyl/N-ethyl adjacent to an activating group) is 1. The molecule has 0 bridgehead atoms. The molecule has 0 atom stereocenters. The van der Waals surface area contributed by atoms with Crippen molar-refractivity contribution < 1.29 is 4.79 Å². The summed E-state index contributed by atoms with van der Waals surface area (Å²) in [6.45, 7) is 5.36. The SMILES string of the molecule is Cc1ccc(Cn2nc(C)c(C(=O)Nc3ccc(CCN(C)C)cc3)c2Cl)cc1. The van der Waals surface area contributed by atoms with Crippen molar-refractivity contribution in [1.82, 2.24) is 14.7 Å². The van der Waals surface area contributed by atoms with Crippen molar-refractivity contribution in [3.63, 3.8) is 0 Å². The summed E-state index contributed by atoms with van der Waals surface area (Å²) >= 11 is 6.50. The third-order valence-electron chi connectivity index (χ3n) is 4.80. The van der Waals surface area contributed by atoms with Gasteiger partial charge in [-0.25, -0.2) is 4.68 Å². The summed E-state index contributed by atoms with van der Waals surface area (Å²) < 4.78 is 1.67. The topological polar surface area (TPSA) is 50.2 Å². The van der Waals surface area contributed by atoms with E-state index in [0.29, 0.717) is 23.0 Å². The lowest BCUT2D eigenvalue weighted by Gasteiger charge is -2.10. The summed E-state index contributed by atoms with van der Waals surface area (Å²) in [4.78, 5) is 15.0. The number of aromatic nitrogens is 2. The lowest BCUT2D eigenvalue weighted by molar-refractivity contribution is 0.102. The highest BCUT2D eigenvalue weighted by molar-refractivity contribution is 6.33. The largest absolute Gasteiger partial charge is 0.322 e. The Balaban J connectivity index is 1.70. The van der Waals surface area contributed by atoms with E-state index in [-0.39, 0.29) is 5.91 Å². The number of amides is 1. The smallest absolute Gasteiger partial charge is 0.260 e. The lowest BCUT2D eigenvalue weighted by Crippen LogP contribution is -2.15. The molecule has 0 aliphatic heterocycles. The quantitative estimate of drug-likeness (QED) is 0.621. The number of benzene rings is 2. The molecule has 0 radical (unpaired) electrons. The standard InChI is InChI=1S/C23H27ClN4O/c1-16-5-7-19(8-6-16)15-28-22(24)21(17(2)26-28)23(29)25-20-11-9-18(10-12-20)13-14-27(3)4/h5-12H,13-15H2,1-4H3,(H,25,29). The summed E-state index contributed by atoms with van der Waals surface area (Å²) in [6.07, 6.45) is 0.970. The molecule has 1 N–H and O–H groups in total. The molecule has 152 valence electrons. The number of hydrogen-bond acceptors (Lipinski definition) is 3. The van der Waals surface area contributed by atoms with E-state index in [1.54, 1.807) is 11.6 Å². The number of carbonyl (C=O) groups is 1. The van der Waals surface area contributed by atoms with E-state index in [0.717, 1.165) is 24.2 Å². The van der Waals surface area contributed by atoms with Crippen molar-refractivity contribution in [3.05, 3.63) is 81.6 Å². The molecule has 5 nitrogen and oxygen atoms in total. The van der Waals surface area contributed by atoms with Crippen molar-refractivity contribution >= 4 is 23.2 Å². The highest BCUT2D eigenvalue weighted by atomic mass is 35.5. The minimum atomic E-state index is -0.247. The van der Waals surface area contributed by atoms with Gasteiger partial charge in [-0.1, -0.05) is 53.6 Å². The zero-order chi connectivity index (χ0) is 21.0. The van der Waals surface area contributed by atoms with Crippen molar-refractivity contribution in [2.45, 2.75) is 26.8 Å². The maximum absolute atomic E-state index is 12.8. The molecule has 0 fully saturated rings. The van der Waals surface area contributed by atoms with Gasteiger partial charge in [0.15, 0.2) is 0 Å². The van der Waals surface area contributed by atoms with Crippen LogP contribution in [0.25, 0.3) is 0 Å². The van der Waals surface area contributed by atoms with Crippen LogP contribution >= 0.6 is 11.6 Å². The number of nitrogens with one attached hydrogen (secondary N) is 1. The molecular formula is C23H27ClN4O. The fourth-order valence-electron chi connectivity index (χ4n) is 3.08. The molecule has 6 heteroatoms. The number of rotatable bonds is 7. The molecule has 29 heavy (non-hydrogen) atoms. The Kier molecular flexibility index (Phi) is 6.72. The molecular weight excluding hydrogens is 384 g/mol. The van der Waals surface area contributed by atoms with E-state index in [4.69, 9.17) is 11.6 Å². The number of anilines is 1. The van der Waals surface area contributed by atoms with Gasteiger partial charge >= 0.3 is 0 Å². The van der Waals surface area contributed by atoms with Gasteiger partial charge in [0.1, 0.15) is 5.15 Å². The summed E-state index contributed by atoms with van der Waals surface area (Å²) in [6, 6.07) is 16.1. The van der Waals surface area contributed by atoms with Crippen LogP contribution in [0.2, 0.25) is 5.15 Å². The molecule has 0 unspecified atom stereocenters. The second kappa shape index (κ2) is 9.25.